The second kappa shape index (κ2) is 8.83. The Morgan fingerprint density at radius 3 is 2.58 bits per heavy atom. The first-order chi connectivity index (χ1) is 16.0. The Kier molecular flexibility index (Phi) is 5.88. The van der Waals surface area contributed by atoms with E-state index in [1.165, 1.54) is 14.2 Å². The third-order valence-corrected chi connectivity index (χ3v) is 6.52. The van der Waals surface area contributed by atoms with Crippen LogP contribution in [0.25, 0.3) is 27.8 Å². The van der Waals surface area contributed by atoms with Gasteiger partial charge in [-0.25, -0.2) is 9.97 Å². The van der Waals surface area contributed by atoms with Crippen LogP contribution in [-0.2, 0) is 4.74 Å². The van der Waals surface area contributed by atoms with Crippen molar-refractivity contribution in [3.05, 3.63) is 40.8 Å². The average molecular weight is 489 g/mol. The molecule has 11 heteroatoms. The molecule has 5 rings (SSSR count). The second-order valence-corrected chi connectivity index (χ2v) is 8.47. The first-order valence-electron chi connectivity index (χ1n) is 10.3. The fraction of sp³-hybridized carbons (Fsp3) is 0.318. The van der Waals surface area contributed by atoms with E-state index < -0.39 is 0 Å². The Labute approximate surface area is 199 Å². The molecule has 0 spiro atoms. The van der Waals surface area contributed by atoms with Crippen LogP contribution in [0.15, 0.2) is 30.7 Å². The van der Waals surface area contributed by atoms with Gasteiger partial charge in [0.2, 0.25) is 5.95 Å². The molecule has 33 heavy (non-hydrogen) atoms. The topological polar surface area (TPSA) is 109 Å². The maximum Gasteiger partial charge on any atom is 0.225 e. The van der Waals surface area contributed by atoms with Crippen LogP contribution in [0, 0.1) is 0 Å². The highest BCUT2D eigenvalue weighted by Crippen LogP contribution is 2.47. The standard InChI is InChI=1S/C22H22Cl2N6O3/c1-31-15-8-16(32-2)19(24)17(18(15)23)12-7-11-9-27-22(28-14-10-33-6-3-13(14)25)29-20(11)30-5-4-26-21(12)30/h4-5,7-9,13-14H,3,6,10,25H2,1-2H3,(H,27,28,29)/t13-,14+/m0/s1. The Morgan fingerprint density at radius 2 is 1.88 bits per heavy atom. The van der Waals surface area contributed by atoms with Gasteiger partial charge in [0, 0.05) is 53.8 Å². The summed E-state index contributed by atoms with van der Waals surface area (Å²) in [6.45, 7) is 1.17. The number of anilines is 1. The van der Waals surface area contributed by atoms with Crippen LogP contribution in [0.5, 0.6) is 11.5 Å². The summed E-state index contributed by atoms with van der Waals surface area (Å²) in [5, 5.41) is 4.79. The van der Waals surface area contributed by atoms with Crippen molar-refractivity contribution in [2.24, 2.45) is 5.73 Å². The molecule has 0 saturated carbocycles. The van der Waals surface area contributed by atoms with E-state index in [1.54, 1.807) is 18.5 Å². The van der Waals surface area contributed by atoms with Gasteiger partial charge in [0.25, 0.3) is 0 Å². The van der Waals surface area contributed by atoms with Crippen molar-refractivity contribution in [2.45, 2.75) is 18.5 Å². The summed E-state index contributed by atoms with van der Waals surface area (Å²) in [6.07, 6.45) is 6.04. The van der Waals surface area contributed by atoms with E-state index in [2.05, 4.69) is 15.3 Å². The first-order valence-corrected chi connectivity index (χ1v) is 11.1. The van der Waals surface area contributed by atoms with Crippen LogP contribution in [0.1, 0.15) is 6.42 Å². The lowest BCUT2D eigenvalue weighted by atomic mass is 10.0. The molecule has 1 aliphatic heterocycles. The minimum Gasteiger partial charge on any atom is -0.495 e. The first kappa shape index (κ1) is 22.0. The molecule has 1 aliphatic rings. The normalized spacial score (nSPS) is 18.6. The number of hydrogen-bond donors (Lipinski definition) is 2. The predicted octanol–water partition coefficient (Wildman–Crippen LogP) is 3.80. The fourth-order valence-electron chi connectivity index (χ4n) is 4.02. The zero-order chi connectivity index (χ0) is 23.1. The smallest absolute Gasteiger partial charge is 0.225 e. The van der Waals surface area contributed by atoms with Gasteiger partial charge in [-0.3, -0.25) is 4.40 Å². The van der Waals surface area contributed by atoms with Gasteiger partial charge < -0.3 is 25.3 Å². The van der Waals surface area contributed by atoms with Gasteiger partial charge in [0.1, 0.15) is 17.1 Å². The van der Waals surface area contributed by atoms with Crippen molar-refractivity contribution >= 4 is 45.8 Å². The number of fused-ring (bicyclic) bond motifs is 3. The minimum atomic E-state index is -0.0596. The van der Waals surface area contributed by atoms with Crippen LogP contribution in [-0.4, -0.2) is 58.9 Å². The van der Waals surface area contributed by atoms with E-state index in [4.69, 9.17) is 48.1 Å². The van der Waals surface area contributed by atoms with Crippen molar-refractivity contribution in [3.8, 4) is 22.6 Å². The molecule has 3 N–H and O–H groups in total. The molecule has 1 aromatic carbocycles. The molecule has 1 fully saturated rings. The van der Waals surface area contributed by atoms with Gasteiger partial charge in [0.05, 0.1) is 36.9 Å². The van der Waals surface area contributed by atoms with Crippen molar-refractivity contribution in [3.63, 3.8) is 0 Å². The number of rotatable bonds is 5. The summed E-state index contributed by atoms with van der Waals surface area (Å²) in [7, 11) is 3.07. The molecule has 9 nitrogen and oxygen atoms in total. The van der Waals surface area contributed by atoms with Crippen molar-refractivity contribution in [1.29, 1.82) is 0 Å². The molecular weight excluding hydrogens is 467 g/mol. The largest absolute Gasteiger partial charge is 0.495 e. The number of aromatic nitrogens is 4. The molecule has 4 heterocycles. The number of nitrogens with two attached hydrogens (primary N) is 1. The van der Waals surface area contributed by atoms with Crippen LogP contribution in [0.4, 0.5) is 5.95 Å². The quantitative estimate of drug-likeness (QED) is 0.436. The maximum atomic E-state index is 6.68. The van der Waals surface area contributed by atoms with Crippen LogP contribution in [0.3, 0.4) is 0 Å². The third kappa shape index (κ3) is 3.80. The molecule has 4 aromatic rings. The van der Waals surface area contributed by atoms with E-state index in [-0.39, 0.29) is 12.1 Å². The number of halogens is 2. The summed E-state index contributed by atoms with van der Waals surface area (Å²) in [5.74, 6) is 1.36. The average Bonchev–Trinajstić information content (AvgIpc) is 3.32. The number of hydrogen-bond acceptors (Lipinski definition) is 8. The zero-order valence-electron chi connectivity index (χ0n) is 18.0. The second-order valence-electron chi connectivity index (χ2n) is 7.71. The maximum absolute atomic E-state index is 6.68. The van der Waals surface area contributed by atoms with Gasteiger partial charge in [-0.15, -0.1) is 0 Å². The van der Waals surface area contributed by atoms with Crippen LogP contribution >= 0.6 is 23.2 Å². The lowest BCUT2D eigenvalue weighted by Gasteiger charge is -2.29. The number of methoxy groups -OCH3 is 2. The Morgan fingerprint density at radius 1 is 1.12 bits per heavy atom. The van der Waals surface area contributed by atoms with E-state index in [0.717, 1.165) is 11.8 Å². The van der Waals surface area contributed by atoms with Crippen LogP contribution < -0.4 is 20.5 Å². The highest BCUT2D eigenvalue weighted by molar-refractivity contribution is 6.41. The van der Waals surface area contributed by atoms with Gasteiger partial charge in [0.15, 0.2) is 5.65 Å². The van der Waals surface area contributed by atoms with Crippen molar-refractivity contribution in [1.82, 2.24) is 19.4 Å². The SMILES string of the molecule is COc1cc(OC)c(Cl)c(-c2cc3cnc(N[C@@H]4COCC[C@@H]4N)nc3n3ccnc23)c1Cl. The fourth-order valence-corrected chi connectivity index (χ4v) is 4.72. The lowest BCUT2D eigenvalue weighted by molar-refractivity contribution is 0.0766. The number of nitrogens with one attached hydrogen (secondary N) is 1. The van der Waals surface area contributed by atoms with Gasteiger partial charge in [-0.05, 0) is 12.5 Å². The van der Waals surface area contributed by atoms with E-state index >= 15 is 0 Å². The highest BCUT2D eigenvalue weighted by atomic mass is 35.5. The van der Waals surface area contributed by atoms with E-state index in [0.29, 0.717) is 63.1 Å². The Balaban J connectivity index is 1.66. The zero-order valence-corrected chi connectivity index (χ0v) is 19.5. The summed E-state index contributed by atoms with van der Waals surface area (Å²) in [6, 6.07) is 3.47. The molecule has 0 bridgehead atoms. The minimum absolute atomic E-state index is 0.0268. The number of pyridine rings is 1. The predicted molar refractivity (Wildman–Crippen MR) is 128 cm³/mol. The van der Waals surface area contributed by atoms with Crippen LogP contribution in [0.2, 0.25) is 10.0 Å². The van der Waals surface area contributed by atoms with E-state index in [1.807, 2.05) is 16.7 Å². The highest BCUT2D eigenvalue weighted by Gasteiger charge is 2.25. The number of ether oxygens (including phenoxy) is 3. The lowest BCUT2D eigenvalue weighted by Crippen LogP contribution is -2.47. The van der Waals surface area contributed by atoms with Gasteiger partial charge >= 0.3 is 0 Å². The Hall–Kier alpha value is -2.85. The molecular formula is C22H22Cl2N6O3. The number of nitrogens with zero attached hydrogens (tertiary/aromatic N) is 4. The Bertz CT molecular complexity index is 1320. The molecule has 1 saturated heterocycles. The molecule has 0 unspecified atom stereocenters. The third-order valence-electron chi connectivity index (χ3n) is 5.77. The summed E-state index contributed by atoms with van der Waals surface area (Å²) in [4.78, 5) is 13.8. The molecule has 172 valence electrons. The molecule has 0 amide bonds. The molecule has 2 atom stereocenters. The van der Waals surface area contributed by atoms with Gasteiger partial charge in [-0.2, -0.15) is 4.98 Å². The molecule has 0 radical (unpaired) electrons. The van der Waals surface area contributed by atoms with Crippen molar-refractivity contribution < 1.29 is 14.2 Å². The number of imidazole rings is 1. The number of benzene rings is 1. The van der Waals surface area contributed by atoms with Crippen molar-refractivity contribution in [2.75, 3.05) is 32.8 Å². The van der Waals surface area contributed by atoms with E-state index in [9.17, 15) is 0 Å². The monoisotopic (exact) mass is 488 g/mol. The summed E-state index contributed by atoms with van der Waals surface area (Å²) >= 11 is 13.4. The summed E-state index contributed by atoms with van der Waals surface area (Å²) in [5.41, 5.74) is 8.78. The summed E-state index contributed by atoms with van der Waals surface area (Å²) < 4.78 is 18.3. The molecule has 0 aliphatic carbocycles. The molecule has 3 aromatic heterocycles. The van der Waals surface area contributed by atoms with Gasteiger partial charge in [-0.1, -0.05) is 23.2 Å².